The van der Waals surface area contributed by atoms with Gasteiger partial charge in [0.2, 0.25) is 11.7 Å². The molecule has 0 spiro atoms. The third-order valence-electron chi connectivity index (χ3n) is 7.78. The van der Waals surface area contributed by atoms with Crippen molar-refractivity contribution in [1.29, 1.82) is 0 Å². The van der Waals surface area contributed by atoms with Crippen molar-refractivity contribution >= 4 is 44.7 Å². The Kier molecular flexibility index (Phi) is 6.34. The molecule has 1 aliphatic carbocycles. The highest BCUT2D eigenvalue weighted by Gasteiger charge is 2.38. The fourth-order valence-corrected chi connectivity index (χ4v) is 6.60. The van der Waals surface area contributed by atoms with E-state index in [4.69, 9.17) is 10.3 Å². The Labute approximate surface area is 243 Å². The number of nitrogens with one attached hydrogen (secondary N) is 2. The summed E-state index contributed by atoms with van der Waals surface area (Å²) in [7, 11) is 0. The maximum Gasteiger partial charge on any atom is 0.294 e. The number of hydrogen-bond donors (Lipinski definition) is 3. The number of hydrogen-bond acceptors (Lipinski definition) is 9. The van der Waals surface area contributed by atoms with Crippen LogP contribution in [-0.4, -0.2) is 31.5 Å². The largest absolute Gasteiger partial charge is 0.384 e. The van der Waals surface area contributed by atoms with Crippen LogP contribution in [0.3, 0.4) is 0 Å². The standard InChI is InChI=1S/C30H27N7O4S/c1-15-9-21(28(38)34-13-19-10-18-12-32-23(31)11-22(18)42-19)37-27(15)33-14-20(30(37)40)35-29(39)26-24(16-7-8-16)25(36-41-26)17-5-3-2-4-6-17/h2-6,10-12,14-16,21H,7-9,13H2,1H3,(H2,31,32)(H,34,38)(H,35,39)/t15-,21+/m1/s1. The number of anilines is 2. The second kappa shape index (κ2) is 10.2. The minimum Gasteiger partial charge on any atom is -0.384 e. The van der Waals surface area contributed by atoms with E-state index in [0.717, 1.165) is 38.9 Å². The van der Waals surface area contributed by atoms with E-state index in [1.54, 1.807) is 12.3 Å². The molecule has 212 valence electrons. The topological polar surface area (TPSA) is 158 Å². The maximum absolute atomic E-state index is 13.6. The molecule has 1 aliphatic heterocycles. The van der Waals surface area contributed by atoms with Gasteiger partial charge in [-0.25, -0.2) is 9.97 Å². The van der Waals surface area contributed by atoms with Crippen molar-refractivity contribution in [3.8, 4) is 11.3 Å². The summed E-state index contributed by atoms with van der Waals surface area (Å²) in [6, 6.07) is 12.6. The van der Waals surface area contributed by atoms with E-state index in [2.05, 4.69) is 25.8 Å². The van der Waals surface area contributed by atoms with E-state index in [-0.39, 0.29) is 29.2 Å². The molecule has 1 fully saturated rings. The third-order valence-corrected chi connectivity index (χ3v) is 8.88. The molecule has 7 rings (SSSR count). The van der Waals surface area contributed by atoms with Crippen molar-refractivity contribution in [2.75, 3.05) is 11.1 Å². The number of nitrogens with two attached hydrogens (primary N) is 1. The number of pyridine rings is 1. The van der Waals surface area contributed by atoms with Crippen LogP contribution in [-0.2, 0) is 11.3 Å². The van der Waals surface area contributed by atoms with Crippen molar-refractivity contribution in [2.45, 2.75) is 50.6 Å². The van der Waals surface area contributed by atoms with Gasteiger partial charge in [0, 0.05) is 38.2 Å². The Bertz CT molecular complexity index is 1910. The number of fused-ring (bicyclic) bond motifs is 2. The predicted octanol–water partition coefficient (Wildman–Crippen LogP) is 4.58. The molecule has 2 amide bonds. The molecule has 4 aromatic heterocycles. The molecule has 0 unspecified atom stereocenters. The molecule has 42 heavy (non-hydrogen) atoms. The molecule has 2 atom stereocenters. The van der Waals surface area contributed by atoms with Gasteiger partial charge in [-0.15, -0.1) is 11.3 Å². The average molecular weight is 582 g/mol. The van der Waals surface area contributed by atoms with E-state index in [9.17, 15) is 14.4 Å². The van der Waals surface area contributed by atoms with Crippen LogP contribution < -0.4 is 21.9 Å². The molecule has 0 radical (unpaired) electrons. The van der Waals surface area contributed by atoms with E-state index >= 15 is 0 Å². The number of nitrogen functional groups attached to an aromatic ring is 1. The molecule has 12 heteroatoms. The van der Waals surface area contributed by atoms with Crippen molar-refractivity contribution in [3.05, 3.63) is 87.2 Å². The van der Waals surface area contributed by atoms with E-state index in [1.807, 2.05) is 43.3 Å². The second-order valence-electron chi connectivity index (χ2n) is 10.8. The fraction of sp³-hybridized carbons (Fsp3) is 0.267. The summed E-state index contributed by atoms with van der Waals surface area (Å²) < 4.78 is 7.91. The zero-order valence-electron chi connectivity index (χ0n) is 22.7. The van der Waals surface area contributed by atoms with Gasteiger partial charge in [-0.3, -0.25) is 19.0 Å². The normalized spacial score (nSPS) is 17.7. The number of amides is 2. The van der Waals surface area contributed by atoms with Crippen LogP contribution in [0.25, 0.3) is 21.3 Å². The van der Waals surface area contributed by atoms with Gasteiger partial charge in [0.15, 0.2) is 0 Å². The molecule has 2 aliphatic rings. The summed E-state index contributed by atoms with van der Waals surface area (Å²) in [5.41, 5.74) is 7.52. The first kappa shape index (κ1) is 26.1. The van der Waals surface area contributed by atoms with Crippen LogP contribution in [0.15, 0.2) is 64.2 Å². The number of rotatable bonds is 7. The Morgan fingerprint density at radius 3 is 2.74 bits per heavy atom. The van der Waals surface area contributed by atoms with Gasteiger partial charge in [0.25, 0.3) is 11.5 Å². The number of nitrogens with zero attached hydrogens (tertiary/aromatic N) is 4. The lowest BCUT2D eigenvalue weighted by Crippen LogP contribution is -2.36. The minimum absolute atomic E-state index is 0.0235. The van der Waals surface area contributed by atoms with Gasteiger partial charge >= 0.3 is 0 Å². The first-order valence-corrected chi connectivity index (χ1v) is 14.6. The zero-order chi connectivity index (χ0) is 29.0. The maximum atomic E-state index is 13.6. The lowest BCUT2D eigenvalue weighted by Gasteiger charge is -2.15. The Hall–Kier alpha value is -4.84. The fourth-order valence-electron chi connectivity index (χ4n) is 5.58. The van der Waals surface area contributed by atoms with Gasteiger partial charge in [0.05, 0.1) is 12.7 Å². The summed E-state index contributed by atoms with van der Waals surface area (Å²) in [5, 5.41) is 10.8. The number of aromatic nitrogens is 4. The molecule has 0 saturated heterocycles. The van der Waals surface area contributed by atoms with Crippen molar-refractivity contribution in [2.24, 2.45) is 0 Å². The smallest absolute Gasteiger partial charge is 0.294 e. The Morgan fingerprint density at radius 1 is 1.14 bits per heavy atom. The lowest BCUT2D eigenvalue weighted by atomic mass is 10.0. The lowest BCUT2D eigenvalue weighted by molar-refractivity contribution is -0.124. The zero-order valence-corrected chi connectivity index (χ0v) is 23.5. The van der Waals surface area contributed by atoms with Gasteiger partial charge in [-0.2, -0.15) is 0 Å². The van der Waals surface area contributed by atoms with Crippen LogP contribution in [0.2, 0.25) is 0 Å². The van der Waals surface area contributed by atoms with Crippen molar-refractivity contribution < 1.29 is 14.1 Å². The molecule has 4 N–H and O–H groups in total. The average Bonchev–Trinajstić information content (AvgIpc) is 3.44. The van der Waals surface area contributed by atoms with Gasteiger partial charge in [-0.1, -0.05) is 42.4 Å². The quantitative estimate of drug-likeness (QED) is 0.252. The van der Waals surface area contributed by atoms with Crippen LogP contribution in [0.4, 0.5) is 11.5 Å². The molecule has 0 bridgehead atoms. The summed E-state index contributed by atoms with van der Waals surface area (Å²) in [5.74, 6) is 0.237. The minimum atomic E-state index is -0.754. The summed E-state index contributed by atoms with van der Waals surface area (Å²) in [6.07, 6.45) is 5.35. The van der Waals surface area contributed by atoms with Gasteiger partial charge in [0.1, 0.15) is 29.1 Å². The van der Waals surface area contributed by atoms with E-state index in [1.165, 1.54) is 22.1 Å². The predicted molar refractivity (Wildman–Crippen MR) is 158 cm³/mol. The first-order valence-electron chi connectivity index (χ1n) is 13.8. The SMILES string of the molecule is C[C@@H]1C[C@@H](C(=O)NCc2cc3cnc(N)cc3s2)n2c1ncc(NC(=O)c1onc(-c3ccccc3)c1C1CC1)c2=O. The molecular formula is C30H27N7O4S. The molecule has 5 aromatic rings. The molecule has 5 heterocycles. The summed E-state index contributed by atoms with van der Waals surface area (Å²) in [6.45, 7) is 2.23. The molecule has 1 saturated carbocycles. The number of carbonyl (C=O) groups excluding carboxylic acids is 2. The first-order chi connectivity index (χ1) is 20.4. The number of carbonyl (C=O) groups is 2. The number of thiophene rings is 1. The highest BCUT2D eigenvalue weighted by Crippen LogP contribution is 2.46. The third kappa shape index (κ3) is 4.63. The summed E-state index contributed by atoms with van der Waals surface area (Å²) >= 11 is 1.52. The second-order valence-corrected chi connectivity index (χ2v) is 12.0. The Morgan fingerprint density at radius 2 is 1.95 bits per heavy atom. The van der Waals surface area contributed by atoms with Crippen LogP contribution in [0.1, 0.15) is 70.9 Å². The summed E-state index contributed by atoms with van der Waals surface area (Å²) in [4.78, 5) is 49.9. The van der Waals surface area contributed by atoms with Crippen LogP contribution in [0.5, 0.6) is 0 Å². The highest BCUT2D eigenvalue weighted by atomic mass is 32.1. The van der Waals surface area contributed by atoms with E-state index in [0.29, 0.717) is 30.3 Å². The van der Waals surface area contributed by atoms with E-state index < -0.39 is 17.5 Å². The van der Waals surface area contributed by atoms with Crippen molar-refractivity contribution in [3.63, 3.8) is 0 Å². The van der Waals surface area contributed by atoms with Crippen LogP contribution >= 0.6 is 11.3 Å². The van der Waals surface area contributed by atoms with Crippen molar-refractivity contribution in [1.82, 2.24) is 25.0 Å². The molecule has 11 nitrogen and oxygen atoms in total. The molecular weight excluding hydrogens is 554 g/mol. The highest BCUT2D eigenvalue weighted by molar-refractivity contribution is 7.19. The van der Waals surface area contributed by atoms with Crippen LogP contribution in [0, 0.1) is 0 Å². The number of benzene rings is 1. The van der Waals surface area contributed by atoms with Gasteiger partial charge < -0.3 is 20.9 Å². The molecule has 1 aromatic carbocycles. The van der Waals surface area contributed by atoms with Gasteiger partial charge in [-0.05, 0) is 37.3 Å². The Balaban J connectivity index is 1.12. The monoisotopic (exact) mass is 581 g/mol.